The summed E-state index contributed by atoms with van der Waals surface area (Å²) in [6.45, 7) is 1.69. The van der Waals surface area contributed by atoms with Gasteiger partial charge in [-0.15, -0.1) is 0 Å². The van der Waals surface area contributed by atoms with Gasteiger partial charge in [0, 0.05) is 13.1 Å². The van der Waals surface area contributed by atoms with Gasteiger partial charge in [-0.25, -0.2) is 17.9 Å². The molecule has 2 N–H and O–H groups in total. The fraction of sp³-hybridized carbons (Fsp3) is 0.250. The zero-order valence-electron chi connectivity index (χ0n) is 12.8. The molecule has 0 aliphatic heterocycles. The first-order chi connectivity index (χ1) is 10.8. The molecule has 2 aromatic carbocycles. The molecule has 0 amide bonds. The second-order valence-electron chi connectivity index (χ2n) is 5.23. The van der Waals surface area contributed by atoms with Gasteiger partial charge in [0.15, 0.2) is 0 Å². The highest BCUT2D eigenvalue weighted by molar-refractivity contribution is 7.89. The summed E-state index contributed by atoms with van der Waals surface area (Å²) in [6, 6.07) is 12.4. The third kappa shape index (κ3) is 5.63. The smallest absolute Gasteiger partial charge is 0.238 e. The summed E-state index contributed by atoms with van der Waals surface area (Å²) < 4.78 is 41.0. The summed E-state index contributed by atoms with van der Waals surface area (Å²) in [4.78, 5) is 2.06. The van der Waals surface area contributed by atoms with Crippen LogP contribution in [0.3, 0.4) is 0 Å². The molecule has 2 aromatic rings. The van der Waals surface area contributed by atoms with Crippen molar-refractivity contribution in [1.29, 1.82) is 0 Å². The molecule has 0 bridgehead atoms. The number of nitrogens with two attached hydrogens (primary N) is 1. The number of ether oxygens (including phenoxy) is 1. The maximum absolute atomic E-state index is 13.1. The Labute approximate surface area is 135 Å². The van der Waals surface area contributed by atoms with E-state index in [4.69, 9.17) is 9.88 Å². The van der Waals surface area contributed by atoms with Gasteiger partial charge in [-0.3, -0.25) is 4.90 Å². The molecule has 0 saturated carbocycles. The summed E-state index contributed by atoms with van der Waals surface area (Å²) >= 11 is 0. The van der Waals surface area contributed by atoms with Gasteiger partial charge < -0.3 is 4.74 Å². The van der Waals surface area contributed by atoms with Gasteiger partial charge in [0.1, 0.15) is 18.2 Å². The molecule has 23 heavy (non-hydrogen) atoms. The Morgan fingerprint density at radius 3 is 2.48 bits per heavy atom. The highest BCUT2D eigenvalue weighted by atomic mass is 32.2. The van der Waals surface area contributed by atoms with Crippen molar-refractivity contribution >= 4 is 10.0 Å². The predicted molar refractivity (Wildman–Crippen MR) is 86.0 cm³/mol. The Bertz CT molecular complexity index is 748. The molecule has 7 heteroatoms. The normalized spacial score (nSPS) is 11.7. The topological polar surface area (TPSA) is 72.6 Å². The quantitative estimate of drug-likeness (QED) is 0.838. The number of benzene rings is 2. The van der Waals surface area contributed by atoms with E-state index < -0.39 is 10.0 Å². The van der Waals surface area contributed by atoms with Gasteiger partial charge in [0.25, 0.3) is 0 Å². The average molecular weight is 338 g/mol. The van der Waals surface area contributed by atoms with Crippen molar-refractivity contribution in [2.75, 3.05) is 20.2 Å². The van der Waals surface area contributed by atoms with Crippen molar-refractivity contribution < 1.29 is 17.5 Å². The number of likely N-dealkylation sites (N-methyl/N-ethyl adjacent to an activating group) is 1. The third-order valence-corrected chi connectivity index (χ3v) is 4.16. The molecule has 0 aliphatic carbocycles. The maximum Gasteiger partial charge on any atom is 0.238 e. The van der Waals surface area contributed by atoms with E-state index in [1.807, 2.05) is 18.0 Å². The van der Waals surface area contributed by atoms with Gasteiger partial charge in [-0.1, -0.05) is 12.1 Å². The van der Waals surface area contributed by atoms with E-state index >= 15 is 0 Å². The van der Waals surface area contributed by atoms with Gasteiger partial charge in [0.2, 0.25) is 10.0 Å². The first kappa shape index (κ1) is 17.4. The van der Waals surface area contributed by atoms with Crippen molar-refractivity contribution in [2.24, 2.45) is 5.14 Å². The number of rotatable bonds is 7. The number of primary sulfonamides is 1. The molecule has 0 atom stereocenters. The minimum absolute atomic E-state index is 0.0491. The van der Waals surface area contributed by atoms with Crippen LogP contribution in [0.4, 0.5) is 4.39 Å². The molecule has 0 unspecified atom stereocenters. The van der Waals surface area contributed by atoms with Crippen LogP contribution in [-0.4, -0.2) is 33.5 Å². The zero-order valence-corrected chi connectivity index (χ0v) is 13.6. The van der Waals surface area contributed by atoms with Crippen LogP contribution in [0.5, 0.6) is 5.75 Å². The summed E-state index contributed by atoms with van der Waals surface area (Å²) in [5, 5.41) is 5.03. The van der Waals surface area contributed by atoms with E-state index in [2.05, 4.69) is 0 Å². The number of sulfonamides is 1. The van der Waals surface area contributed by atoms with E-state index in [9.17, 15) is 12.8 Å². The highest BCUT2D eigenvalue weighted by Crippen LogP contribution is 2.15. The fourth-order valence-electron chi connectivity index (χ4n) is 2.07. The monoisotopic (exact) mass is 338 g/mol. The first-order valence-electron chi connectivity index (χ1n) is 7.03. The van der Waals surface area contributed by atoms with Crippen LogP contribution in [0.1, 0.15) is 5.56 Å². The minimum Gasteiger partial charge on any atom is -0.492 e. The molecule has 5 nitrogen and oxygen atoms in total. The van der Waals surface area contributed by atoms with Crippen molar-refractivity contribution in [1.82, 2.24) is 4.90 Å². The Balaban J connectivity index is 1.80. The fourth-order valence-corrected chi connectivity index (χ4v) is 2.59. The number of hydrogen-bond donors (Lipinski definition) is 1. The predicted octanol–water partition coefficient (Wildman–Crippen LogP) is 1.98. The largest absolute Gasteiger partial charge is 0.492 e. The third-order valence-electron chi connectivity index (χ3n) is 3.24. The molecule has 124 valence electrons. The van der Waals surface area contributed by atoms with E-state index in [0.717, 1.165) is 5.56 Å². The lowest BCUT2D eigenvalue weighted by atomic mass is 10.2. The summed E-state index contributed by atoms with van der Waals surface area (Å²) in [7, 11) is -1.77. The second kappa shape index (κ2) is 7.54. The Morgan fingerprint density at radius 1 is 1.17 bits per heavy atom. The summed E-state index contributed by atoms with van der Waals surface area (Å²) in [5.74, 6) is 0.318. The van der Waals surface area contributed by atoms with Crippen molar-refractivity contribution in [3.05, 3.63) is 59.9 Å². The molecule has 0 spiro atoms. The number of hydrogen-bond acceptors (Lipinski definition) is 4. The molecule has 0 aliphatic rings. The van der Waals surface area contributed by atoms with Crippen LogP contribution in [0, 0.1) is 5.82 Å². The maximum atomic E-state index is 13.1. The lowest BCUT2D eigenvalue weighted by molar-refractivity contribution is 0.232. The van der Waals surface area contributed by atoms with E-state index in [1.165, 1.54) is 24.3 Å². The Morgan fingerprint density at radius 2 is 1.87 bits per heavy atom. The molecule has 2 rings (SSSR count). The van der Waals surface area contributed by atoms with Gasteiger partial charge >= 0.3 is 0 Å². The lowest BCUT2D eigenvalue weighted by Gasteiger charge is -2.17. The van der Waals surface area contributed by atoms with Gasteiger partial charge in [-0.2, -0.15) is 0 Å². The van der Waals surface area contributed by atoms with Crippen LogP contribution in [0.15, 0.2) is 53.4 Å². The minimum atomic E-state index is -3.69. The molecule has 0 aromatic heterocycles. The molecular weight excluding hydrogens is 319 g/mol. The van der Waals surface area contributed by atoms with Crippen LogP contribution in [-0.2, 0) is 16.6 Å². The number of nitrogens with zero attached hydrogens (tertiary/aromatic N) is 1. The van der Waals surface area contributed by atoms with E-state index in [-0.39, 0.29) is 10.7 Å². The molecular formula is C16H19FN2O3S. The molecule has 0 saturated heterocycles. The molecule has 0 fully saturated rings. The van der Waals surface area contributed by atoms with Crippen molar-refractivity contribution in [3.8, 4) is 5.75 Å². The summed E-state index contributed by atoms with van der Waals surface area (Å²) in [5.41, 5.74) is 0.894. The van der Waals surface area contributed by atoms with Crippen molar-refractivity contribution in [2.45, 2.75) is 11.4 Å². The summed E-state index contributed by atoms with van der Waals surface area (Å²) in [6.07, 6.45) is 0. The number of halogens is 1. The van der Waals surface area contributed by atoms with E-state index in [1.54, 1.807) is 18.2 Å². The van der Waals surface area contributed by atoms with Gasteiger partial charge in [-0.05, 0) is 49.0 Å². The van der Waals surface area contributed by atoms with Crippen molar-refractivity contribution in [3.63, 3.8) is 0 Å². The van der Waals surface area contributed by atoms with Crippen LogP contribution >= 0.6 is 0 Å². The van der Waals surface area contributed by atoms with E-state index in [0.29, 0.717) is 25.4 Å². The highest BCUT2D eigenvalue weighted by Gasteiger charge is 2.07. The van der Waals surface area contributed by atoms with Gasteiger partial charge in [0.05, 0.1) is 4.90 Å². The standard InChI is InChI=1S/C16H19FN2O3S/c1-19(12-13-3-2-4-14(17)11-13)9-10-22-15-5-7-16(8-6-15)23(18,20)21/h2-8,11H,9-10,12H2,1H3,(H2,18,20,21). The first-order valence-corrected chi connectivity index (χ1v) is 8.58. The Kier molecular flexibility index (Phi) is 5.70. The van der Waals surface area contributed by atoms with Crippen LogP contribution in [0.2, 0.25) is 0 Å². The second-order valence-corrected chi connectivity index (χ2v) is 6.79. The zero-order chi connectivity index (χ0) is 16.9. The molecule has 0 radical (unpaired) electrons. The van der Waals surface area contributed by atoms with Crippen LogP contribution in [0.25, 0.3) is 0 Å². The van der Waals surface area contributed by atoms with Crippen LogP contribution < -0.4 is 9.88 Å². The lowest BCUT2D eigenvalue weighted by Crippen LogP contribution is -2.23. The molecule has 0 heterocycles. The average Bonchev–Trinajstić information content (AvgIpc) is 2.47. The SMILES string of the molecule is CN(CCOc1ccc(S(N)(=O)=O)cc1)Cc1cccc(F)c1. The Hall–Kier alpha value is -1.96.